The molecule has 2 aromatic carbocycles. The number of benzene rings is 2. The highest BCUT2D eigenvalue weighted by molar-refractivity contribution is 6.52. The van der Waals surface area contributed by atoms with Crippen LogP contribution >= 0.6 is 58.0 Å². The minimum atomic E-state index is 0.360. The number of hydrogen-bond donors (Lipinski definition) is 0. The Morgan fingerprint density at radius 3 is 1.73 bits per heavy atom. The molecule has 0 radical (unpaired) electrons. The lowest BCUT2D eigenvalue weighted by Crippen LogP contribution is -1.81. The molecule has 0 saturated heterocycles. The van der Waals surface area contributed by atoms with Crippen molar-refractivity contribution in [3.8, 4) is 0 Å². The van der Waals surface area contributed by atoms with Gasteiger partial charge in [0.15, 0.2) is 0 Å². The van der Waals surface area contributed by atoms with E-state index in [0.717, 1.165) is 0 Å². The predicted octanol–water partition coefficient (Wildman–Crippen LogP) is 6.11. The Balaban J connectivity index is 3.08. The summed E-state index contributed by atoms with van der Waals surface area (Å²) >= 11 is 30.0. The molecule has 0 aromatic heterocycles. The molecule has 0 saturated carbocycles. The molecule has 0 aliphatic heterocycles. The molecule has 0 atom stereocenters. The van der Waals surface area contributed by atoms with Crippen LogP contribution in [-0.4, -0.2) is 0 Å². The predicted molar refractivity (Wildman–Crippen MR) is 69.0 cm³/mol. The van der Waals surface area contributed by atoms with E-state index in [1.54, 1.807) is 18.2 Å². The maximum atomic E-state index is 6.04. The van der Waals surface area contributed by atoms with Crippen molar-refractivity contribution in [1.29, 1.82) is 0 Å². The fourth-order valence-electron chi connectivity index (χ4n) is 1.37. The van der Waals surface area contributed by atoms with E-state index in [4.69, 9.17) is 58.0 Å². The highest BCUT2D eigenvalue weighted by Crippen LogP contribution is 2.42. The van der Waals surface area contributed by atoms with E-state index in [9.17, 15) is 0 Å². The maximum absolute atomic E-state index is 6.04. The molecule has 2 rings (SSSR count). The van der Waals surface area contributed by atoms with Crippen LogP contribution in [0.4, 0.5) is 0 Å². The van der Waals surface area contributed by atoms with Crippen molar-refractivity contribution in [2.45, 2.75) is 0 Å². The fourth-order valence-corrected chi connectivity index (χ4v) is 2.79. The summed E-state index contributed by atoms with van der Waals surface area (Å²) in [4.78, 5) is 0. The van der Waals surface area contributed by atoms with Gasteiger partial charge in [-0.25, -0.2) is 0 Å². The standard InChI is InChI=1S/C10H3Cl5/c11-4-1-2-5(12)9-8(4)6(13)3-7(14)10(9)15/h1-3H. The van der Waals surface area contributed by atoms with Gasteiger partial charge in [-0.1, -0.05) is 58.0 Å². The van der Waals surface area contributed by atoms with Crippen LogP contribution in [0.5, 0.6) is 0 Å². The monoisotopic (exact) mass is 298 g/mol. The van der Waals surface area contributed by atoms with Gasteiger partial charge in [0.05, 0.1) is 25.1 Å². The number of halogens is 5. The van der Waals surface area contributed by atoms with Gasteiger partial charge < -0.3 is 0 Å². The lowest BCUT2D eigenvalue weighted by molar-refractivity contribution is 1.74. The maximum Gasteiger partial charge on any atom is 0.0687 e. The largest absolute Gasteiger partial charge is 0.0836 e. The Morgan fingerprint density at radius 2 is 1.13 bits per heavy atom. The summed E-state index contributed by atoms with van der Waals surface area (Å²) in [6.07, 6.45) is 0. The van der Waals surface area contributed by atoms with E-state index < -0.39 is 0 Å². The molecule has 0 aliphatic carbocycles. The normalized spacial score (nSPS) is 11.0. The van der Waals surface area contributed by atoms with Crippen molar-refractivity contribution in [3.05, 3.63) is 43.3 Å². The number of hydrogen-bond acceptors (Lipinski definition) is 0. The quantitative estimate of drug-likeness (QED) is 0.515. The lowest BCUT2D eigenvalue weighted by atomic mass is 10.1. The van der Waals surface area contributed by atoms with Crippen LogP contribution in [0.1, 0.15) is 0 Å². The molecule has 0 spiro atoms. The Bertz CT molecular complexity index is 547. The van der Waals surface area contributed by atoms with Crippen molar-refractivity contribution in [3.63, 3.8) is 0 Å². The molecule has 0 bridgehead atoms. The average Bonchev–Trinajstić information content (AvgIpc) is 2.18. The summed E-state index contributed by atoms with van der Waals surface area (Å²) in [5.41, 5.74) is 0. The first-order valence-corrected chi connectivity index (χ1v) is 5.82. The van der Waals surface area contributed by atoms with Gasteiger partial charge in [0.2, 0.25) is 0 Å². The fraction of sp³-hybridized carbons (Fsp3) is 0. The summed E-state index contributed by atoms with van der Waals surface area (Å²) in [6.45, 7) is 0. The van der Waals surface area contributed by atoms with Gasteiger partial charge >= 0.3 is 0 Å². The van der Waals surface area contributed by atoms with Crippen molar-refractivity contribution in [2.24, 2.45) is 0 Å². The molecule has 0 amide bonds. The molecule has 78 valence electrons. The second-order valence-corrected chi connectivity index (χ2v) is 4.94. The highest BCUT2D eigenvalue weighted by Gasteiger charge is 2.13. The zero-order valence-corrected chi connectivity index (χ0v) is 10.9. The van der Waals surface area contributed by atoms with Crippen LogP contribution in [0.2, 0.25) is 25.1 Å². The average molecular weight is 300 g/mol. The highest BCUT2D eigenvalue weighted by atomic mass is 35.5. The number of rotatable bonds is 0. The van der Waals surface area contributed by atoms with Gasteiger partial charge in [0, 0.05) is 10.8 Å². The molecule has 0 fully saturated rings. The summed E-state index contributed by atoms with van der Waals surface area (Å²) in [7, 11) is 0. The summed E-state index contributed by atoms with van der Waals surface area (Å²) in [5, 5.41) is 3.35. The smallest absolute Gasteiger partial charge is 0.0687 e. The van der Waals surface area contributed by atoms with Gasteiger partial charge in [-0.15, -0.1) is 0 Å². The van der Waals surface area contributed by atoms with E-state index in [0.29, 0.717) is 35.9 Å². The van der Waals surface area contributed by atoms with Crippen LogP contribution < -0.4 is 0 Å². The van der Waals surface area contributed by atoms with Gasteiger partial charge in [-0.2, -0.15) is 0 Å². The SMILES string of the molecule is Clc1cc(Cl)c2c(Cl)ccc(Cl)c2c1Cl. The van der Waals surface area contributed by atoms with Crippen molar-refractivity contribution in [1.82, 2.24) is 0 Å². The molecule has 0 unspecified atom stereocenters. The third kappa shape index (κ3) is 1.90. The van der Waals surface area contributed by atoms with Crippen molar-refractivity contribution < 1.29 is 0 Å². The molecule has 15 heavy (non-hydrogen) atoms. The molecule has 0 N–H and O–H groups in total. The summed E-state index contributed by atoms with van der Waals surface area (Å²) in [6, 6.07) is 4.88. The molecule has 0 heterocycles. The van der Waals surface area contributed by atoms with Gasteiger partial charge in [0.1, 0.15) is 0 Å². The molecule has 2 aromatic rings. The zero-order chi connectivity index (χ0) is 11.2. The van der Waals surface area contributed by atoms with E-state index >= 15 is 0 Å². The van der Waals surface area contributed by atoms with Crippen LogP contribution in [0.3, 0.4) is 0 Å². The second-order valence-electron chi connectivity index (χ2n) is 2.93. The van der Waals surface area contributed by atoms with E-state index in [-0.39, 0.29) is 0 Å². The van der Waals surface area contributed by atoms with Crippen molar-refractivity contribution >= 4 is 68.8 Å². The minimum Gasteiger partial charge on any atom is -0.0836 e. The second kappa shape index (κ2) is 4.20. The third-order valence-corrected chi connectivity index (χ3v) is 3.74. The first-order valence-electron chi connectivity index (χ1n) is 3.93. The van der Waals surface area contributed by atoms with Gasteiger partial charge in [0.25, 0.3) is 0 Å². The van der Waals surface area contributed by atoms with E-state index in [2.05, 4.69) is 0 Å². The van der Waals surface area contributed by atoms with E-state index in [1.807, 2.05) is 0 Å². The molecular formula is C10H3Cl5. The summed E-state index contributed by atoms with van der Waals surface area (Å²) in [5.74, 6) is 0. The Hall–Kier alpha value is 0.150. The van der Waals surface area contributed by atoms with Crippen molar-refractivity contribution in [2.75, 3.05) is 0 Å². The lowest BCUT2D eigenvalue weighted by Gasteiger charge is -2.08. The first kappa shape index (κ1) is 11.6. The van der Waals surface area contributed by atoms with Gasteiger partial charge in [-0.05, 0) is 18.2 Å². The third-order valence-electron chi connectivity index (χ3n) is 2.03. The minimum absolute atomic E-state index is 0.360. The van der Waals surface area contributed by atoms with Crippen LogP contribution in [-0.2, 0) is 0 Å². The zero-order valence-electron chi connectivity index (χ0n) is 7.12. The molecular weight excluding hydrogens is 297 g/mol. The van der Waals surface area contributed by atoms with Gasteiger partial charge in [-0.3, -0.25) is 0 Å². The molecule has 0 aliphatic rings. The Labute approximate surface area is 112 Å². The van der Waals surface area contributed by atoms with Crippen LogP contribution in [0.25, 0.3) is 10.8 Å². The Morgan fingerprint density at radius 1 is 0.600 bits per heavy atom. The van der Waals surface area contributed by atoms with Crippen LogP contribution in [0.15, 0.2) is 18.2 Å². The first-order chi connectivity index (χ1) is 7.02. The molecule has 5 heteroatoms. The molecule has 0 nitrogen and oxygen atoms in total. The van der Waals surface area contributed by atoms with E-state index in [1.165, 1.54) is 0 Å². The summed E-state index contributed by atoms with van der Waals surface area (Å²) < 4.78 is 0. The van der Waals surface area contributed by atoms with Crippen LogP contribution in [0, 0.1) is 0 Å². The number of fused-ring (bicyclic) bond motifs is 1. The Kier molecular flexibility index (Phi) is 3.25. The topological polar surface area (TPSA) is 0 Å².